The number of carbonyl (C=O) groups excluding carboxylic acids is 1. The predicted molar refractivity (Wildman–Crippen MR) is 46.9 cm³/mol. The quantitative estimate of drug-likeness (QED) is 0.579. The van der Waals surface area contributed by atoms with Crippen LogP contribution >= 0.6 is 0 Å². The fraction of sp³-hybridized carbons (Fsp3) is 0.444. The van der Waals surface area contributed by atoms with Crippen LogP contribution < -0.4 is 5.73 Å². The standard InChI is InChI=1S/C9H15NO/c1-3-5-8(6-4-2)7-9(10)11/h3-4,8H,1-2,5-7H2,(H2,10,11). The van der Waals surface area contributed by atoms with Crippen LogP contribution in [0.4, 0.5) is 0 Å². The molecule has 0 bridgehead atoms. The van der Waals surface area contributed by atoms with Gasteiger partial charge in [0.15, 0.2) is 0 Å². The molecule has 0 aliphatic heterocycles. The molecular formula is C9H15NO. The van der Waals surface area contributed by atoms with Crippen molar-refractivity contribution < 1.29 is 4.79 Å². The highest BCUT2D eigenvalue weighted by Crippen LogP contribution is 2.13. The van der Waals surface area contributed by atoms with Gasteiger partial charge in [-0.25, -0.2) is 0 Å². The Balaban J connectivity index is 3.76. The van der Waals surface area contributed by atoms with E-state index in [1.165, 1.54) is 0 Å². The van der Waals surface area contributed by atoms with E-state index in [0.29, 0.717) is 12.3 Å². The van der Waals surface area contributed by atoms with Crippen LogP contribution in [0.1, 0.15) is 19.3 Å². The van der Waals surface area contributed by atoms with Gasteiger partial charge in [0.2, 0.25) is 5.91 Å². The Morgan fingerprint density at radius 3 is 2.09 bits per heavy atom. The molecule has 0 heterocycles. The fourth-order valence-corrected chi connectivity index (χ4v) is 1.02. The van der Waals surface area contributed by atoms with E-state index in [1.54, 1.807) is 12.2 Å². The SMILES string of the molecule is C=CCC(CC=C)CC(N)=O. The lowest BCUT2D eigenvalue weighted by molar-refractivity contribution is -0.118. The predicted octanol–water partition coefficient (Wildman–Crippen LogP) is 1.63. The smallest absolute Gasteiger partial charge is 0.217 e. The molecule has 0 aromatic carbocycles. The van der Waals surface area contributed by atoms with Crippen LogP contribution in [0.15, 0.2) is 25.3 Å². The number of hydrogen-bond donors (Lipinski definition) is 1. The maximum absolute atomic E-state index is 10.5. The summed E-state index contributed by atoms with van der Waals surface area (Å²) in [4.78, 5) is 10.5. The number of amides is 1. The lowest BCUT2D eigenvalue weighted by atomic mass is 9.97. The molecule has 62 valence electrons. The minimum atomic E-state index is -0.251. The van der Waals surface area contributed by atoms with Crippen molar-refractivity contribution in [3.63, 3.8) is 0 Å². The Hall–Kier alpha value is -1.05. The maximum atomic E-state index is 10.5. The van der Waals surface area contributed by atoms with E-state index in [0.717, 1.165) is 12.8 Å². The zero-order chi connectivity index (χ0) is 8.69. The van der Waals surface area contributed by atoms with Gasteiger partial charge in [0, 0.05) is 6.42 Å². The minimum Gasteiger partial charge on any atom is -0.370 e. The molecule has 0 aliphatic carbocycles. The van der Waals surface area contributed by atoms with E-state index in [9.17, 15) is 4.79 Å². The van der Waals surface area contributed by atoms with Crippen molar-refractivity contribution in [3.8, 4) is 0 Å². The second-order valence-electron chi connectivity index (χ2n) is 2.59. The highest BCUT2D eigenvalue weighted by atomic mass is 16.1. The zero-order valence-corrected chi connectivity index (χ0v) is 6.75. The first-order valence-electron chi connectivity index (χ1n) is 3.70. The average Bonchev–Trinajstić information content (AvgIpc) is 1.87. The monoisotopic (exact) mass is 153 g/mol. The summed E-state index contributed by atoms with van der Waals surface area (Å²) in [5, 5.41) is 0. The summed E-state index contributed by atoms with van der Waals surface area (Å²) in [7, 11) is 0. The number of allylic oxidation sites excluding steroid dienone is 2. The number of hydrogen-bond acceptors (Lipinski definition) is 1. The molecule has 0 unspecified atom stereocenters. The number of carbonyl (C=O) groups is 1. The summed E-state index contributed by atoms with van der Waals surface area (Å²) in [5.41, 5.74) is 5.05. The van der Waals surface area contributed by atoms with Crippen LogP contribution in [0, 0.1) is 5.92 Å². The van der Waals surface area contributed by atoms with Crippen molar-refractivity contribution in [2.24, 2.45) is 11.7 Å². The van der Waals surface area contributed by atoms with Gasteiger partial charge in [0.1, 0.15) is 0 Å². The molecule has 11 heavy (non-hydrogen) atoms. The molecule has 2 nitrogen and oxygen atoms in total. The van der Waals surface area contributed by atoms with Gasteiger partial charge < -0.3 is 5.73 Å². The molecule has 1 amide bonds. The number of nitrogens with two attached hydrogens (primary N) is 1. The van der Waals surface area contributed by atoms with E-state index in [1.807, 2.05) is 0 Å². The fourth-order valence-electron chi connectivity index (χ4n) is 1.02. The van der Waals surface area contributed by atoms with Gasteiger partial charge in [-0.3, -0.25) is 4.79 Å². The Morgan fingerprint density at radius 1 is 1.36 bits per heavy atom. The van der Waals surface area contributed by atoms with E-state index in [4.69, 9.17) is 5.73 Å². The molecule has 0 fully saturated rings. The summed E-state index contributed by atoms with van der Waals surface area (Å²) in [6.07, 6.45) is 5.69. The van der Waals surface area contributed by atoms with Crippen molar-refractivity contribution in [3.05, 3.63) is 25.3 Å². The Kier molecular flexibility index (Phi) is 5.17. The molecule has 2 heteroatoms. The van der Waals surface area contributed by atoms with E-state index in [-0.39, 0.29) is 5.91 Å². The summed E-state index contributed by atoms with van der Waals surface area (Å²) in [6, 6.07) is 0. The first-order valence-corrected chi connectivity index (χ1v) is 3.70. The van der Waals surface area contributed by atoms with Gasteiger partial charge in [0.25, 0.3) is 0 Å². The maximum Gasteiger partial charge on any atom is 0.217 e. The summed E-state index contributed by atoms with van der Waals surface area (Å²) >= 11 is 0. The molecule has 0 radical (unpaired) electrons. The second-order valence-corrected chi connectivity index (χ2v) is 2.59. The molecule has 2 N–H and O–H groups in total. The Morgan fingerprint density at radius 2 is 1.82 bits per heavy atom. The molecule has 0 saturated heterocycles. The molecule has 0 spiro atoms. The second kappa shape index (κ2) is 5.71. The lowest BCUT2D eigenvalue weighted by Gasteiger charge is -2.08. The number of rotatable bonds is 6. The van der Waals surface area contributed by atoms with Crippen LogP contribution in [0.25, 0.3) is 0 Å². The summed E-state index contributed by atoms with van der Waals surface area (Å²) < 4.78 is 0. The van der Waals surface area contributed by atoms with Crippen LogP contribution in [0.5, 0.6) is 0 Å². The van der Waals surface area contributed by atoms with Gasteiger partial charge in [-0.1, -0.05) is 12.2 Å². The molecule has 0 rings (SSSR count). The summed E-state index contributed by atoms with van der Waals surface area (Å²) in [6.45, 7) is 7.21. The third-order valence-corrected chi connectivity index (χ3v) is 1.49. The van der Waals surface area contributed by atoms with Crippen molar-refractivity contribution in [2.75, 3.05) is 0 Å². The van der Waals surface area contributed by atoms with Gasteiger partial charge >= 0.3 is 0 Å². The van der Waals surface area contributed by atoms with Crippen LogP contribution in [-0.2, 0) is 4.79 Å². The largest absolute Gasteiger partial charge is 0.370 e. The van der Waals surface area contributed by atoms with Crippen molar-refractivity contribution >= 4 is 5.91 Å². The molecule has 0 aromatic heterocycles. The average molecular weight is 153 g/mol. The van der Waals surface area contributed by atoms with Gasteiger partial charge in [0.05, 0.1) is 0 Å². The van der Waals surface area contributed by atoms with Gasteiger partial charge in [-0.15, -0.1) is 13.2 Å². The normalized spacial score (nSPS) is 9.55. The third kappa shape index (κ3) is 5.40. The van der Waals surface area contributed by atoms with E-state index in [2.05, 4.69) is 13.2 Å². The van der Waals surface area contributed by atoms with E-state index >= 15 is 0 Å². The molecular weight excluding hydrogens is 138 g/mol. The van der Waals surface area contributed by atoms with E-state index < -0.39 is 0 Å². The number of primary amides is 1. The van der Waals surface area contributed by atoms with Gasteiger partial charge in [-0.2, -0.15) is 0 Å². The molecule has 0 atom stereocenters. The van der Waals surface area contributed by atoms with Crippen LogP contribution in [0.3, 0.4) is 0 Å². The molecule has 0 saturated carbocycles. The minimum absolute atomic E-state index is 0.251. The van der Waals surface area contributed by atoms with Crippen LogP contribution in [-0.4, -0.2) is 5.91 Å². The van der Waals surface area contributed by atoms with Crippen molar-refractivity contribution in [2.45, 2.75) is 19.3 Å². The lowest BCUT2D eigenvalue weighted by Crippen LogP contribution is -2.15. The van der Waals surface area contributed by atoms with Crippen LogP contribution in [0.2, 0.25) is 0 Å². The Labute approximate surface area is 67.8 Å². The summed E-state index contributed by atoms with van der Waals surface area (Å²) in [5.74, 6) is 0.0428. The Bertz CT molecular complexity index is 142. The first-order chi connectivity index (χ1) is 5.20. The van der Waals surface area contributed by atoms with Gasteiger partial charge in [-0.05, 0) is 18.8 Å². The highest BCUT2D eigenvalue weighted by molar-refractivity contribution is 5.74. The topological polar surface area (TPSA) is 43.1 Å². The molecule has 0 aliphatic rings. The molecule has 0 aromatic rings. The van der Waals surface area contributed by atoms with Crippen molar-refractivity contribution in [1.82, 2.24) is 0 Å². The third-order valence-electron chi connectivity index (χ3n) is 1.49. The zero-order valence-electron chi connectivity index (χ0n) is 6.75. The van der Waals surface area contributed by atoms with Crippen molar-refractivity contribution in [1.29, 1.82) is 0 Å². The first kappa shape index (κ1) is 9.95. The highest BCUT2D eigenvalue weighted by Gasteiger charge is 2.07.